The van der Waals surface area contributed by atoms with Crippen LogP contribution in [-0.2, 0) is 11.2 Å². The first-order valence-electron chi connectivity index (χ1n) is 4.75. The normalized spacial score (nSPS) is 10.7. The van der Waals surface area contributed by atoms with Gasteiger partial charge in [-0.1, -0.05) is 18.2 Å². The maximum absolute atomic E-state index is 10.4. The molecule has 0 saturated heterocycles. The fourth-order valence-corrected chi connectivity index (χ4v) is 1.11. The highest BCUT2D eigenvalue weighted by Crippen LogP contribution is 2.03. The second-order valence-electron chi connectivity index (χ2n) is 3.13. The summed E-state index contributed by atoms with van der Waals surface area (Å²) in [5.41, 5.74) is 6.86. The molecule has 3 N–H and O–H groups in total. The number of carboxylic acids is 1. The Labute approximate surface area is 88.4 Å². The van der Waals surface area contributed by atoms with Crippen molar-refractivity contribution in [3.63, 3.8) is 0 Å². The molecule has 15 heavy (non-hydrogen) atoms. The van der Waals surface area contributed by atoms with E-state index in [9.17, 15) is 4.79 Å². The summed E-state index contributed by atoms with van der Waals surface area (Å²) >= 11 is 0. The van der Waals surface area contributed by atoms with Crippen molar-refractivity contribution in [1.29, 1.82) is 0 Å². The number of aliphatic carboxylic acids is 1. The lowest BCUT2D eigenvalue weighted by Gasteiger charge is -1.97. The van der Waals surface area contributed by atoms with Crippen molar-refractivity contribution in [3.05, 3.63) is 35.7 Å². The van der Waals surface area contributed by atoms with E-state index in [-0.39, 0.29) is 6.42 Å². The van der Waals surface area contributed by atoms with Gasteiger partial charge in [0.25, 0.3) is 0 Å². The fourth-order valence-electron chi connectivity index (χ4n) is 1.11. The quantitative estimate of drug-likeness (QED) is 0.755. The second kappa shape index (κ2) is 5.93. The minimum Gasteiger partial charge on any atom is -0.481 e. The first-order valence-corrected chi connectivity index (χ1v) is 4.75. The summed E-state index contributed by atoms with van der Waals surface area (Å²) in [6, 6.07) is 3.56. The zero-order valence-corrected chi connectivity index (χ0v) is 8.39. The van der Waals surface area contributed by atoms with Crippen LogP contribution in [0.2, 0.25) is 0 Å². The van der Waals surface area contributed by atoms with Crippen molar-refractivity contribution in [3.8, 4) is 0 Å². The molecule has 0 aliphatic carbocycles. The average Bonchev–Trinajstić information content (AvgIpc) is 2.20. The van der Waals surface area contributed by atoms with Gasteiger partial charge in [-0.2, -0.15) is 0 Å². The van der Waals surface area contributed by atoms with Gasteiger partial charge in [-0.15, -0.1) is 0 Å². The topological polar surface area (TPSA) is 76.2 Å². The summed E-state index contributed by atoms with van der Waals surface area (Å²) in [6.07, 6.45) is 6.34. The van der Waals surface area contributed by atoms with Crippen LogP contribution in [0.15, 0.2) is 24.4 Å². The molecule has 1 aromatic heterocycles. The third-order valence-electron chi connectivity index (χ3n) is 1.82. The van der Waals surface area contributed by atoms with Crippen LogP contribution in [0.3, 0.4) is 0 Å². The van der Waals surface area contributed by atoms with Gasteiger partial charge >= 0.3 is 5.97 Å². The van der Waals surface area contributed by atoms with Gasteiger partial charge in [-0.05, 0) is 24.6 Å². The van der Waals surface area contributed by atoms with Crippen molar-refractivity contribution in [2.75, 3.05) is 6.54 Å². The first kappa shape index (κ1) is 11.4. The van der Waals surface area contributed by atoms with Crippen LogP contribution < -0.4 is 5.73 Å². The van der Waals surface area contributed by atoms with Crippen LogP contribution in [-0.4, -0.2) is 22.6 Å². The van der Waals surface area contributed by atoms with Gasteiger partial charge in [-0.25, -0.2) is 0 Å². The third-order valence-corrected chi connectivity index (χ3v) is 1.82. The summed E-state index contributed by atoms with van der Waals surface area (Å²) in [5.74, 6) is -0.867. The summed E-state index contributed by atoms with van der Waals surface area (Å²) < 4.78 is 0. The number of aromatic nitrogens is 1. The van der Waals surface area contributed by atoms with Gasteiger partial charge < -0.3 is 10.8 Å². The predicted octanol–water partition coefficient (Wildman–Crippen LogP) is 1.07. The lowest BCUT2D eigenvalue weighted by atomic mass is 10.2. The summed E-state index contributed by atoms with van der Waals surface area (Å²) in [5, 5.41) is 8.54. The van der Waals surface area contributed by atoms with E-state index < -0.39 is 5.97 Å². The van der Waals surface area contributed by atoms with Crippen molar-refractivity contribution in [2.45, 2.75) is 12.8 Å². The summed E-state index contributed by atoms with van der Waals surface area (Å²) in [4.78, 5) is 14.4. The number of nitrogens with two attached hydrogens (primary N) is 1. The molecule has 4 nitrogen and oxygen atoms in total. The first-order chi connectivity index (χ1) is 7.22. The van der Waals surface area contributed by atoms with Crippen LogP contribution in [0.4, 0.5) is 0 Å². The molecule has 0 aromatic carbocycles. The van der Waals surface area contributed by atoms with Crippen LogP contribution in [0, 0.1) is 0 Å². The smallest absolute Gasteiger partial charge is 0.309 e. The van der Waals surface area contributed by atoms with Gasteiger partial charge in [0.2, 0.25) is 0 Å². The minimum atomic E-state index is -0.867. The summed E-state index contributed by atoms with van der Waals surface area (Å²) in [7, 11) is 0. The van der Waals surface area contributed by atoms with E-state index in [0.717, 1.165) is 12.0 Å². The lowest BCUT2D eigenvalue weighted by Crippen LogP contribution is -2.01. The minimum absolute atomic E-state index is 0.0349. The van der Waals surface area contributed by atoms with E-state index in [4.69, 9.17) is 10.8 Å². The SMILES string of the molecule is NCCC=Cc1ccc(CC(=O)O)nc1. The predicted molar refractivity (Wildman–Crippen MR) is 58.3 cm³/mol. The fraction of sp³-hybridized carbons (Fsp3) is 0.273. The van der Waals surface area contributed by atoms with E-state index in [1.54, 1.807) is 12.3 Å². The Bertz CT molecular complexity index is 344. The Hall–Kier alpha value is -1.68. The monoisotopic (exact) mass is 206 g/mol. The second-order valence-corrected chi connectivity index (χ2v) is 3.13. The zero-order valence-electron chi connectivity index (χ0n) is 8.39. The molecule has 0 radical (unpaired) electrons. The van der Waals surface area contributed by atoms with E-state index in [1.165, 1.54) is 0 Å². The van der Waals surface area contributed by atoms with E-state index >= 15 is 0 Å². The van der Waals surface area contributed by atoms with Crippen molar-refractivity contribution < 1.29 is 9.90 Å². The molecule has 1 rings (SSSR count). The number of hydrogen-bond acceptors (Lipinski definition) is 3. The number of nitrogens with zero attached hydrogens (tertiary/aromatic N) is 1. The van der Waals surface area contributed by atoms with Gasteiger partial charge in [0, 0.05) is 6.20 Å². The number of hydrogen-bond donors (Lipinski definition) is 2. The molecule has 0 saturated carbocycles. The van der Waals surface area contributed by atoms with Crippen LogP contribution in [0.5, 0.6) is 0 Å². The molecule has 0 bridgehead atoms. The summed E-state index contributed by atoms with van der Waals surface area (Å²) in [6.45, 7) is 0.626. The number of carbonyl (C=O) groups is 1. The maximum Gasteiger partial charge on any atom is 0.309 e. The molecule has 0 spiro atoms. The molecule has 4 heteroatoms. The van der Waals surface area contributed by atoms with Gasteiger partial charge in [-0.3, -0.25) is 9.78 Å². The molecule has 0 amide bonds. The Morgan fingerprint density at radius 1 is 1.53 bits per heavy atom. The zero-order chi connectivity index (χ0) is 11.1. The molecular formula is C11H14N2O2. The molecule has 80 valence electrons. The van der Waals surface area contributed by atoms with Crippen molar-refractivity contribution >= 4 is 12.0 Å². The Kier molecular flexibility index (Phi) is 4.50. The van der Waals surface area contributed by atoms with Crippen molar-refractivity contribution in [1.82, 2.24) is 4.98 Å². The Morgan fingerprint density at radius 2 is 2.33 bits per heavy atom. The van der Waals surface area contributed by atoms with Crippen LogP contribution in [0.25, 0.3) is 6.08 Å². The Balaban J connectivity index is 2.60. The highest BCUT2D eigenvalue weighted by Gasteiger charge is 2.00. The molecule has 0 aliphatic rings. The average molecular weight is 206 g/mol. The molecule has 1 heterocycles. The molecule has 0 atom stereocenters. The largest absolute Gasteiger partial charge is 0.481 e. The number of carboxylic acid groups (broad SMARTS) is 1. The number of rotatable bonds is 5. The van der Waals surface area contributed by atoms with E-state index in [0.29, 0.717) is 12.2 Å². The van der Waals surface area contributed by atoms with E-state index in [1.807, 2.05) is 18.2 Å². The molecule has 0 unspecified atom stereocenters. The maximum atomic E-state index is 10.4. The highest BCUT2D eigenvalue weighted by atomic mass is 16.4. The highest BCUT2D eigenvalue weighted by molar-refractivity contribution is 5.69. The standard InChI is InChI=1S/C11H14N2O2/c12-6-2-1-3-9-4-5-10(13-8-9)7-11(14)15/h1,3-5,8H,2,6-7,12H2,(H,14,15). The third kappa shape index (κ3) is 4.37. The number of pyridine rings is 1. The van der Waals surface area contributed by atoms with Crippen molar-refractivity contribution in [2.24, 2.45) is 5.73 Å². The van der Waals surface area contributed by atoms with E-state index in [2.05, 4.69) is 4.98 Å². The van der Waals surface area contributed by atoms with Crippen LogP contribution in [0.1, 0.15) is 17.7 Å². The lowest BCUT2D eigenvalue weighted by molar-refractivity contribution is -0.136. The molecular weight excluding hydrogens is 192 g/mol. The van der Waals surface area contributed by atoms with Gasteiger partial charge in [0.05, 0.1) is 12.1 Å². The van der Waals surface area contributed by atoms with Gasteiger partial charge in [0.1, 0.15) is 0 Å². The molecule has 0 aliphatic heterocycles. The Morgan fingerprint density at radius 3 is 2.87 bits per heavy atom. The van der Waals surface area contributed by atoms with Crippen LogP contribution >= 0.6 is 0 Å². The van der Waals surface area contributed by atoms with Gasteiger partial charge in [0.15, 0.2) is 0 Å². The molecule has 0 fully saturated rings. The molecule has 1 aromatic rings.